The summed E-state index contributed by atoms with van der Waals surface area (Å²) in [6, 6.07) is 4.51. The fraction of sp³-hybridized carbons (Fsp3) is 0.600. The van der Waals surface area contributed by atoms with Crippen LogP contribution in [0, 0.1) is 11.6 Å². The number of fused-ring (bicyclic) bond motifs is 1. The van der Waals surface area contributed by atoms with Gasteiger partial charge in [-0.25, -0.2) is 8.78 Å². The summed E-state index contributed by atoms with van der Waals surface area (Å²) in [4.78, 5) is 2.51. The van der Waals surface area contributed by atoms with Crippen LogP contribution in [0.5, 0.6) is 0 Å². The normalized spacial score (nSPS) is 28.6. The number of hydrogen-bond acceptors (Lipinski definition) is 2. The van der Waals surface area contributed by atoms with Gasteiger partial charge < -0.3 is 5.32 Å². The van der Waals surface area contributed by atoms with Crippen molar-refractivity contribution in [3.05, 3.63) is 35.4 Å². The lowest BCUT2D eigenvalue weighted by atomic mass is 10.0. The van der Waals surface area contributed by atoms with E-state index in [1.165, 1.54) is 37.6 Å². The highest BCUT2D eigenvalue weighted by atomic mass is 19.1. The Kier molecular flexibility index (Phi) is 3.54. The van der Waals surface area contributed by atoms with E-state index in [9.17, 15) is 8.78 Å². The Morgan fingerprint density at radius 3 is 2.95 bits per heavy atom. The number of hydrogen-bond donors (Lipinski definition) is 1. The van der Waals surface area contributed by atoms with Crippen LogP contribution in [-0.4, -0.2) is 30.1 Å². The van der Waals surface area contributed by atoms with E-state index in [-0.39, 0.29) is 17.7 Å². The third kappa shape index (κ3) is 2.51. The molecular formula is C15H20F2N2. The van der Waals surface area contributed by atoms with Crippen molar-refractivity contribution < 1.29 is 8.78 Å². The number of nitrogens with zero attached hydrogens (tertiary/aromatic N) is 1. The van der Waals surface area contributed by atoms with Gasteiger partial charge in [0.25, 0.3) is 0 Å². The number of nitrogens with one attached hydrogen (secondary N) is 1. The molecule has 3 atom stereocenters. The second-order valence-corrected chi connectivity index (χ2v) is 5.69. The van der Waals surface area contributed by atoms with E-state index in [0.29, 0.717) is 17.6 Å². The van der Waals surface area contributed by atoms with Gasteiger partial charge in [-0.3, -0.25) is 4.90 Å². The summed E-state index contributed by atoms with van der Waals surface area (Å²) >= 11 is 0. The lowest BCUT2D eigenvalue weighted by molar-refractivity contribution is 0.290. The van der Waals surface area contributed by atoms with E-state index < -0.39 is 0 Å². The van der Waals surface area contributed by atoms with E-state index in [4.69, 9.17) is 0 Å². The van der Waals surface area contributed by atoms with Gasteiger partial charge in [0.2, 0.25) is 0 Å². The quantitative estimate of drug-likeness (QED) is 0.905. The average Bonchev–Trinajstić information content (AvgIpc) is 2.97. The molecule has 2 aliphatic rings. The smallest absolute Gasteiger partial charge is 0.128 e. The fourth-order valence-corrected chi connectivity index (χ4v) is 3.53. The molecule has 0 aliphatic carbocycles. The molecule has 0 saturated carbocycles. The minimum absolute atomic E-state index is 0.152. The SMILES string of the molecule is CC(NC1CCN2CCCC12)c1cc(F)ccc1F. The molecule has 2 nitrogen and oxygen atoms in total. The van der Waals surface area contributed by atoms with E-state index in [1.807, 2.05) is 6.92 Å². The first-order valence-electron chi connectivity index (χ1n) is 7.10. The molecule has 2 fully saturated rings. The minimum atomic E-state index is -0.376. The van der Waals surface area contributed by atoms with Crippen molar-refractivity contribution in [3.8, 4) is 0 Å². The van der Waals surface area contributed by atoms with Crippen molar-refractivity contribution in [1.29, 1.82) is 0 Å². The van der Waals surface area contributed by atoms with Crippen LogP contribution in [0.3, 0.4) is 0 Å². The highest BCUT2D eigenvalue weighted by molar-refractivity contribution is 5.22. The zero-order chi connectivity index (χ0) is 13.4. The highest BCUT2D eigenvalue weighted by Crippen LogP contribution is 2.30. The summed E-state index contributed by atoms with van der Waals surface area (Å²) in [5.41, 5.74) is 0.427. The molecule has 4 heteroatoms. The van der Waals surface area contributed by atoms with Gasteiger partial charge in [0.05, 0.1) is 0 Å². The van der Waals surface area contributed by atoms with Crippen molar-refractivity contribution in [1.82, 2.24) is 10.2 Å². The van der Waals surface area contributed by atoms with Crippen LogP contribution in [0.25, 0.3) is 0 Å². The van der Waals surface area contributed by atoms with Crippen molar-refractivity contribution >= 4 is 0 Å². The summed E-state index contributed by atoms with van der Waals surface area (Å²) in [5.74, 6) is -0.707. The zero-order valence-corrected chi connectivity index (χ0v) is 11.2. The van der Waals surface area contributed by atoms with Gasteiger partial charge in [-0.15, -0.1) is 0 Å². The topological polar surface area (TPSA) is 15.3 Å². The van der Waals surface area contributed by atoms with Crippen LogP contribution in [0.2, 0.25) is 0 Å². The molecule has 1 aromatic carbocycles. The standard InChI is InChI=1S/C15H20F2N2/c1-10(12-9-11(16)4-5-13(12)17)18-14-6-8-19-7-2-3-15(14)19/h4-5,9-10,14-15,18H,2-3,6-8H2,1H3. The lowest BCUT2D eigenvalue weighted by Crippen LogP contribution is -2.40. The van der Waals surface area contributed by atoms with E-state index >= 15 is 0 Å². The van der Waals surface area contributed by atoms with E-state index in [2.05, 4.69) is 10.2 Å². The first kappa shape index (κ1) is 13.0. The third-order valence-corrected chi connectivity index (χ3v) is 4.49. The molecule has 3 rings (SSSR count). The number of benzene rings is 1. The van der Waals surface area contributed by atoms with Crippen LogP contribution < -0.4 is 5.32 Å². The predicted octanol–water partition coefficient (Wildman–Crippen LogP) is 2.85. The van der Waals surface area contributed by atoms with Crippen molar-refractivity contribution in [2.45, 2.75) is 44.3 Å². The summed E-state index contributed by atoms with van der Waals surface area (Å²) in [5, 5.41) is 3.49. The van der Waals surface area contributed by atoms with Crippen LogP contribution >= 0.6 is 0 Å². The van der Waals surface area contributed by atoms with Gasteiger partial charge in [0, 0.05) is 30.2 Å². The van der Waals surface area contributed by atoms with Gasteiger partial charge in [0.1, 0.15) is 11.6 Å². The molecule has 0 amide bonds. The Balaban J connectivity index is 1.71. The van der Waals surface area contributed by atoms with Gasteiger partial charge in [-0.05, 0) is 50.9 Å². The summed E-state index contributed by atoms with van der Waals surface area (Å²) in [7, 11) is 0. The number of halogens is 2. The molecule has 0 spiro atoms. The zero-order valence-electron chi connectivity index (χ0n) is 11.2. The number of rotatable bonds is 3. The Morgan fingerprint density at radius 1 is 1.26 bits per heavy atom. The lowest BCUT2D eigenvalue weighted by Gasteiger charge is -2.25. The Morgan fingerprint density at radius 2 is 2.11 bits per heavy atom. The maximum Gasteiger partial charge on any atom is 0.128 e. The second-order valence-electron chi connectivity index (χ2n) is 5.69. The Labute approximate surface area is 112 Å². The monoisotopic (exact) mass is 266 g/mol. The molecule has 19 heavy (non-hydrogen) atoms. The summed E-state index contributed by atoms with van der Waals surface area (Å²) in [6.07, 6.45) is 3.58. The van der Waals surface area contributed by atoms with Crippen LogP contribution in [0.1, 0.15) is 37.8 Å². The van der Waals surface area contributed by atoms with Crippen molar-refractivity contribution in [3.63, 3.8) is 0 Å². The first-order valence-corrected chi connectivity index (χ1v) is 7.10. The van der Waals surface area contributed by atoms with Crippen molar-refractivity contribution in [2.24, 2.45) is 0 Å². The molecule has 2 saturated heterocycles. The predicted molar refractivity (Wildman–Crippen MR) is 70.9 cm³/mol. The van der Waals surface area contributed by atoms with Crippen LogP contribution in [0.15, 0.2) is 18.2 Å². The molecule has 104 valence electrons. The maximum absolute atomic E-state index is 13.7. The Hall–Kier alpha value is -1.00. The van der Waals surface area contributed by atoms with E-state index in [0.717, 1.165) is 13.0 Å². The van der Waals surface area contributed by atoms with E-state index in [1.54, 1.807) is 0 Å². The van der Waals surface area contributed by atoms with Gasteiger partial charge >= 0.3 is 0 Å². The largest absolute Gasteiger partial charge is 0.306 e. The van der Waals surface area contributed by atoms with Gasteiger partial charge in [-0.1, -0.05) is 0 Å². The summed E-state index contributed by atoms with van der Waals surface area (Å²) in [6.45, 7) is 4.22. The Bertz CT molecular complexity index is 463. The van der Waals surface area contributed by atoms with Gasteiger partial charge in [-0.2, -0.15) is 0 Å². The second kappa shape index (κ2) is 5.17. The van der Waals surface area contributed by atoms with Crippen LogP contribution in [0.4, 0.5) is 8.78 Å². The summed E-state index contributed by atoms with van der Waals surface area (Å²) < 4.78 is 27.0. The highest BCUT2D eigenvalue weighted by Gasteiger charge is 2.37. The molecule has 0 aromatic heterocycles. The molecule has 3 unspecified atom stereocenters. The molecule has 0 bridgehead atoms. The molecule has 2 heterocycles. The molecule has 1 N–H and O–H groups in total. The first-order chi connectivity index (χ1) is 9.15. The average molecular weight is 266 g/mol. The maximum atomic E-state index is 13.7. The van der Waals surface area contributed by atoms with Crippen LogP contribution in [-0.2, 0) is 0 Å². The third-order valence-electron chi connectivity index (χ3n) is 4.49. The molecule has 2 aliphatic heterocycles. The fourth-order valence-electron chi connectivity index (χ4n) is 3.53. The van der Waals surface area contributed by atoms with Gasteiger partial charge in [0.15, 0.2) is 0 Å². The van der Waals surface area contributed by atoms with Crippen molar-refractivity contribution in [2.75, 3.05) is 13.1 Å². The molecular weight excluding hydrogens is 246 g/mol. The molecule has 1 aromatic rings. The molecule has 0 radical (unpaired) electrons. The minimum Gasteiger partial charge on any atom is -0.306 e.